The number of ether oxygens (including phenoxy) is 2. The molecule has 1 N–H and O–H groups in total. The monoisotopic (exact) mass is 652 g/mol. The third kappa shape index (κ3) is 6.72. The number of anilines is 1. The van der Waals surface area contributed by atoms with Crippen LogP contribution < -0.4 is 14.8 Å². The van der Waals surface area contributed by atoms with Crippen molar-refractivity contribution in [2.24, 2.45) is 10.8 Å². The molecule has 1 amide bonds. The molecule has 0 unspecified atom stereocenters. The molecule has 3 aromatic carbocycles. The van der Waals surface area contributed by atoms with Crippen molar-refractivity contribution in [3.05, 3.63) is 111 Å². The van der Waals surface area contributed by atoms with Crippen LogP contribution in [0.4, 0.5) is 5.69 Å². The van der Waals surface area contributed by atoms with E-state index in [4.69, 9.17) is 21.1 Å². The predicted molar refractivity (Wildman–Crippen MR) is 183 cm³/mol. The van der Waals surface area contributed by atoms with Crippen molar-refractivity contribution in [1.82, 2.24) is 4.90 Å². The first kappa shape index (κ1) is 32.6. The van der Waals surface area contributed by atoms with Gasteiger partial charge in [0.1, 0.15) is 0 Å². The highest BCUT2D eigenvalue weighted by Crippen LogP contribution is 2.55. The van der Waals surface area contributed by atoms with Crippen LogP contribution in [-0.2, 0) is 20.9 Å². The van der Waals surface area contributed by atoms with E-state index < -0.39 is 5.92 Å². The molecule has 8 heteroatoms. The summed E-state index contributed by atoms with van der Waals surface area (Å²) in [5.41, 5.74) is 5.22. The Kier molecular flexibility index (Phi) is 8.79. The summed E-state index contributed by atoms with van der Waals surface area (Å²) in [5.74, 6) is -0.324. The number of benzene rings is 3. The first-order valence-electron chi connectivity index (χ1n) is 16.0. The highest BCUT2D eigenvalue weighted by atomic mass is 35.5. The van der Waals surface area contributed by atoms with Gasteiger partial charge in [-0.3, -0.25) is 14.4 Å². The van der Waals surface area contributed by atoms with Gasteiger partial charge in [0.2, 0.25) is 0 Å². The second-order valence-electron chi connectivity index (χ2n) is 14.3. The number of Topliss-reactive ketones (excluding diaryl/α,β-unsaturated/α-hetero) is 2. The molecular formula is C39H41ClN2O5. The molecule has 3 aromatic rings. The summed E-state index contributed by atoms with van der Waals surface area (Å²) in [6.07, 6.45) is 2.16. The first-order chi connectivity index (χ1) is 22.4. The van der Waals surface area contributed by atoms with E-state index in [0.29, 0.717) is 60.4 Å². The number of carbonyl (C=O) groups is 3. The van der Waals surface area contributed by atoms with E-state index in [-0.39, 0.29) is 45.7 Å². The normalized spacial score (nSPS) is 18.9. The van der Waals surface area contributed by atoms with Gasteiger partial charge in [-0.15, -0.1) is 0 Å². The lowest BCUT2D eigenvalue weighted by atomic mass is 9.63. The van der Waals surface area contributed by atoms with Gasteiger partial charge in [0.05, 0.1) is 12.1 Å². The fraction of sp³-hybridized carbons (Fsp3) is 0.359. The number of allylic oxidation sites excluding steroid dienone is 4. The Balaban J connectivity index is 1.44. The molecule has 0 bridgehead atoms. The molecule has 1 aliphatic heterocycles. The number of methoxy groups -OCH3 is 1. The van der Waals surface area contributed by atoms with Crippen molar-refractivity contribution in [3.63, 3.8) is 0 Å². The minimum absolute atomic E-state index is 0.0384. The van der Waals surface area contributed by atoms with Crippen LogP contribution in [0.5, 0.6) is 11.5 Å². The summed E-state index contributed by atoms with van der Waals surface area (Å²) in [5, 5.41) is 3.03. The second kappa shape index (κ2) is 12.7. The third-order valence-corrected chi connectivity index (χ3v) is 9.48. The molecule has 7 nitrogen and oxygen atoms in total. The Morgan fingerprint density at radius 1 is 0.851 bits per heavy atom. The van der Waals surface area contributed by atoms with Crippen LogP contribution >= 0.6 is 11.6 Å². The molecule has 47 heavy (non-hydrogen) atoms. The summed E-state index contributed by atoms with van der Waals surface area (Å²) < 4.78 is 11.6. The number of para-hydroxylation sites is 1. The van der Waals surface area contributed by atoms with Gasteiger partial charge >= 0.3 is 0 Å². The minimum atomic E-state index is -0.596. The predicted octanol–water partition coefficient (Wildman–Crippen LogP) is 8.25. The van der Waals surface area contributed by atoms with E-state index in [2.05, 4.69) is 50.0 Å². The molecule has 3 aliphatic rings. The number of carbonyl (C=O) groups excluding carboxylic acids is 3. The number of nitrogens with zero attached hydrogens (tertiary/aromatic N) is 1. The summed E-state index contributed by atoms with van der Waals surface area (Å²) >= 11 is 6.88. The lowest BCUT2D eigenvalue weighted by Gasteiger charge is -2.49. The van der Waals surface area contributed by atoms with E-state index in [1.165, 1.54) is 7.11 Å². The second-order valence-corrected chi connectivity index (χ2v) is 14.8. The molecule has 0 aromatic heterocycles. The van der Waals surface area contributed by atoms with Crippen molar-refractivity contribution in [3.8, 4) is 11.5 Å². The summed E-state index contributed by atoms with van der Waals surface area (Å²) in [4.78, 5) is 43.3. The maximum Gasteiger partial charge on any atom is 0.262 e. The molecule has 0 saturated carbocycles. The molecule has 0 radical (unpaired) electrons. The summed E-state index contributed by atoms with van der Waals surface area (Å²) in [6, 6.07) is 22.9. The van der Waals surface area contributed by atoms with Crippen LogP contribution in [0.2, 0.25) is 5.02 Å². The lowest BCUT2D eigenvalue weighted by Crippen LogP contribution is -2.44. The van der Waals surface area contributed by atoms with Crippen LogP contribution in [0, 0.1) is 10.8 Å². The Morgan fingerprint density at radius 2 is 1.40 bits per heavy atom. The van der Waals surface area contributed by atoms with E-state index in [1.54, 1.807) is 24.3 Å². The highest BCUT2D eigenvalue weighted by molar-refractivity contribution is 6.32. The Labute approximate surface area is 281 Å². The molecule has 2 aliphatic carbocycles. The number of rotatable bonds is 8. The van der Waals surface area contributed by atoms with E-state index in [0.717, 1.165) is 17.0 Å². The zero-order valence-electron chi connectivity index (χ0n) is 27.6. The number of hydrogen-bond donors (Lipinski definition) is 1. The van der Waals surface area contributed by atoms with Crippen LogP contribution in [0.15, 0.2) is 95.3 Å². The van der Waals surface area contributed by atoms with Crippen molar-refractivity contribution < 1.29 is 23.9 Å². The number of hydrogen-bond acceptors (Lipinski definition) is 6. The van der Waals surface area contributed by atoms with Crippen LogP contribution in [-0.4, -0.2) is 36.1 Å². The Hall–Kier alpha value is -4.36. The molecule has 1 heterocycles. The van der Waals surface area contributed by atoms with Crippen molar-refractivity contribution in [1.29, 1.82) is 0 Å². The number of ketones is 2. The molecule has 244 valence electrons. The minimum Gasteiger partial charge on any atom is -0.493 e. The fourth-order valence-corrected chi connectivity index (χ4v) is 7.51. The van der Waals surface area contributed by atoms with Crippen molar-refractivity contribution in [2.75, 3.05) is 19.0 Å². The number of amides is 1. The van der Waals surface area contributed by atoms with Crippen LogP contribution in [0.3, 0.4) is 0 Å². The summed E-state index contributed by atoms with van der Waals surface area (Å²) in [6.45, 7) is 8.80. The third-order valence-electron chi connectivity index (χ3n) is 9.20. The van der Waals surface area contributed by atoms with E-state index >= 15 is 0 Å². The molecule has 0 atom stereocenters. The van der Waals surface area contributed by atoms with Gasteiger partial charge in [-0.2, -0.15) is 0 Å². The quantitative estimate of drug-likeness (QED) is 0.264. The van der Waals surface area contributed by atoms with Gasteiger partial charge in [-0.1, -0.05) is 87.8 Å². The van der Waals surface area contributed by atoms with Crippen LogP contribution in [0.1, 0.15) is 70.4 Å². The topological polar surface area (TPSA) is 84.9 Å². The van der Waals surface area contributed by atoms with E-state index in [9.17, 15) is 14.4 Å². The smallest absolute Gasteiger partial charge is 0.262 e. The molecule has 6 rings (SSSR count). The van der Waals surface area contributed by atoms with Gasteiger partial charge in [0.25, 0.3) is 5.91 Å². The maximum atomic E-state index is 14.2. The zero-order chi connectivity index (χ0) is 33.5. The number of halogens is 1. The fourth-order valence-electron chi connectivity index (χ4n) is 7.24. The first-order valence-corrected chi connectivity index (χ1v) is 16.4. The largest absolute Gasteiger partial charge is 0.493 e. The van der Waals surface area contributed by atoms with Gasteiger partial charge in [-0.25, -0.2) is 0 Å². The highest BCUT2D eigenvalue weighted by Gasteiger charge is 2.49. The average Bonchev–Trinajstić information content (AvgIpc) is 3.00. The average molecular weight is 653 g/mol. The van der Waals surface area contributed by atoms with Crippen LogP contribution in [0.25, 0.3) is 0 Å². The van der Waals surface area contributed by atoms with Crippen molar-refractivity contribution >= 4 is 34.8 Å². The SMILES string of the molecule is COc1cc(C2C3=C(CC(C)(C)CC3=O)N(Cc3ccccc3)C3=C2C(=O)CC(C)(C)C3)cc(Cl)c1OCC(=O)Nc1ccccc1. The zero-order valence-corrected chi connectivity index (χ0v) is 28.4. The molecule has 0 spiro atoms. The standard InChI is InChI=1S/C39H41ClN2O5/c1-38(2)18-28-35(30(43)20-38)34(36-29(19-39(3,4)21-31(36)44)42(28)22-24-12-8-6-9-13-24)25-16-27(40)37(32(17-25)46-5)47-23-33(45)41-26-14-10-7-11-15-26/h6-17,34H,18-23H2,1-5H3,(H,41,45). The van der Waals surface area contributed by atoms with Gasteiger partial charge < -0.3 is 19.7 Å². The Bertz CT molecular complexity index is 1740. The maximum absolute atomic E-state index is 14.2. The van der Waals surface area contributed by atoms with Gasteiger partial charge in [-0.05, 0) is 59.1 Å². The van der Waals surface area contributed by atoms with Gasteiger partial charge in [0.15, 0.2) is 29.7 Å². The molecule has 0 fully saturated rings. The van der Waals surface area contributed by atoms with Crippen molar-refractivity contribution in [2.45, 2.75) is 65.8 Å². The van der Waals surface area contributed by atoms with E-state index in [1.807, 2.05) is 36.4 Å². The van der Waals surface area contributed by atoms with Gasteiger partial charge in [0, 0.05) is 53.5 Å². The lowest BCUT2D eigenvalue weighted by molar-refractivity contribution is -0.120. The molecular weight excluding hydrogens is 612 g/mol. The molecule has 0 saturated heterocycles. The summed E-state index contributed by atoms with van der Waals surface area (Å²) in [7, 11) is 1.51. The number of nitrogens with one attached hydrogen (secondary N) is 1. The Morgan fingerprint density at radius 3 is 1.96 bits per heavy atom.